The van der Waals surface area contributed by atoms with Crippen molar-refractivity contribution in [2.24, 2.45) is 17.3 Å². The Balaban J connectivity index is 1.30. The third kappa shape index (κ3) is 3.34. The van der Waals surface area contributed by atoms with E-state index in [1.807, 2.05) is 0 Å². The van der Waals surface area contributed by atoms with Crippen LogP contribution in [0.4, 0.5) is 4.79 Å². The Labute approximate surface area is 166 Å². The summed E-state index contributed by atoms with van der Waals surface area (Å²) in [5, 5.41) is 12.2. The fourth-order valence-corrected chi connectivity index (χ4v) is 6.06. The van der Waals surface area contributed by atoms with Crippen LogP contribution in [-0.2, 0) is 4.79 Å². The number of amides is 2. The summed E-state index contributed by atoms with van der Waals surface area (Å²) < 4.78 is 23.4. The zero-order chi connectivity index (χ0) is 21.7. The molecule has 3 atom stereocenters. The van der Waals surface area contributed by atoms with E-state index in [0.717, 1.165) is 51.6 Å². The highest BCUT2D eigenvalue weighted by Crippen LogP contribution is 2.56. The van der Waals surface area contributed by atoms with E-state index in [2.05, 4.69) is 17.1 Å². The number of nitrogens with one attached hydrogen (secondary N) is 1. The summed E-state index contributed by atoms with van der Waals surface area (Å²) in [7, 11) is 0. The fraction of sp³-hybridized carbons (Fsp3) is 0.905. The van der Waals surface area contributed by atoms with E-state index in [1.165, 1.54) is 0 Å². The van der Waals surface area contributed by atoms with E-state index in [4.69, 9.17) is 4.11 Å². The predicted molar refractivity (Wildman–Crippen MR) is 104 cm³/mol. The van der Waals surface area contributed by atoms with Crippen LogP contribution in [0.5, 0.6) is 0 Å². The number of rotatable bonds is 4. The Morgan fingerprint density at radius 3 is 2.48 bits per heavy atom. The first-order valence-corrected chi connectivity index (χ1v) is 10.6. The molecule has 2 saturated heterocycles. The van der Waals surface area contributed by atoms with Gasteiger partial charge >= 0.3 is 6.09 Å². The molecule has 0 bridgehead atoms. The first-order valence-electron chi connectivity index (χ1n) is 12.1. The number of piperidine rings is 1. The lowest BCUT2D eigenvalue weighted by Crippen LogP contribution is -2.62. The third-order valence-electron chi connectivity index (χ3n) is 7.90. The maximum atomic E-state index is 12.8. The quantitative estimate of drug-likeness (QED) is 0.786. The summed E-state index contributed by atoms with van der Waals surface area (Å²) in [6.07, 6.45) is 5.75. The number of carbonyl (C=O) groups is 2. The normalized spacial score (nSPS) is 38.4. The molecule has 4 rings (SSSR count). The summed E-state index contributed by atoms with van der Waals surface area (Å²) in [4.78, 5) is 28.2. The van der Waals surface area contributed by atoms with Gasteiger partial charge in [0.2, 0.25) is 5.91 Å². The molecular weight excluding hydrogens is 342 g/mol. The van der Waals surface area contributed by atoms with E-state index >= 15 is 0 Å². The van der Waals surface area contributed by atoms with Crippen LogP contribution in [0.2, 0.25) is 0 Å². The molecule has 2 amide bonds. The summed E-state index contributed by atoms with van der Waals surface area (Å²) in [6.45, 7) is 3.09. The maximum absolute atomic E-state index is 12.8. The van der Waals surface area contributed by atoms with Gasteiger partial charge in [-0.2, -0.15) is 0 Å². The first kappa shape index (κ1) is 15.6. The minimum absolute atomic E-state index is 0.0875. The molecule has 2 aliphatic heterocycles. The fourth-order valence-electron chi connectivity index (χ4n) is 6.06. The number of nitrogens with zero attached hydrogens (tertiary/aromatic N) is 2. The largest absolute Gasteiger partial charge is 0.465 e. The van der Waals surface area contributed by atoms with Crippen LogP contribution >= 0.6 is 0 Å². The standard InChI is InChI=1S/C21H35N3O3/c1-3-16-17(13-21(16)9-12-24(14-21)19(26)27)23-10-5-15(6-11-23)18(25)22-20(2)7-4-8-20/h15-17H,3-14H2,1-2H3,(H,22,25)(H,26,27)/t16?,17?,21-/m1/s1/i2D3. The Hall–Kier alpha value is -1.30. The molecule has 2 heterocycles. The number of carboxylic acid groups (broad SMARTS) is 1. The number of hydrogen-bond donors (Lipinski definition) is 2. The minimum atomic E-state index is -2.14. The Morgan fingerprint density at radius 2 is 1.96 bits per heavy atom. The van der Waals surface area contributed by atoms with Crippen molar-refractivity contribution < 1.29 is 18.8 Å². The second-order valence-electron chi connectivity index (χ2n) is 9.34. The van der Waals surface area contributed by atoms with Crippen molar-refractivity contribution in [2.75, 3.05) is 26.2 Å². The van der Waals surface area contributed by atoms with E-state index in [-0.39, 0.29) is 17.2 Å². The SMILES string of the molecule is [2H]C([2H])([2H])C1(NC(=O)C2CCN(C3C[C@@]4(CCN(C(=O)O)C4)C3CC)CC2)CCC1. The predicted octanol–water partition coefficient (Wildman–Crippen LogP) is 2.93. The topological polar surface area (TPSA) is 72.9 Å². The van der Waals surface area contributed by atoms with Gasteiger partial charge in [-0.05, 0) is 76.2 Å². The highest BCUT2D eigenvalue weighted by atomic mass is 16.4. The van der Waals surface area contributed by atoms with Crippen LogP contribution in [0.1, 0.15) is 69.3 Å². The lowest BCUT2D eigenvalue weighted by Gasteiger charge is -2.58. The lowest BCUT2D eigenvalue weighted by atomic mass is 9.54. The summed E-state index contributed by atoms with van der Waals surface area (Å²) in [5.41, 5.74) is -0.865. The third-order valence-corrected chi connectivity index (χ3v) is 7.90. The molecule has 4 aliphatic rings. The van der Waals surface area contributed by atoms with Crippen LogP contribution in [-0.4, -0.2) is 64.7 Å². The molecule has 27 heavy (non-hydrogen) atoms. The summed E-state index contributed by atoms with van der Waals surface area (Å²) >= 11 is 0. The summed E-state index contributed by atoms with van der Waals surface area (Å²) in [5.74, 6) is 0.320. The van der Waals surface area contributed by atoms with Gasteiger partial charge in [-0.1, -0.05) is 13.3 Å². The maximum Gasteiger partial charge on any atom is 0.407 e. The van der Waals surface area contributed by atoms with Crippen LogP contribution in [0.15, 0.2) is 0 Å². The second kappa shape index (κ2) is 6.94. The highest BCUT2D eigenvalue weighted by Gasteiger charge is 2.58. The Kier molecular flexibility index (Phi) is 4.01. The second-order valence-corrected chi connectivity index (χ2v) is 9.34. The average molecular weight is 381 g/mol. The van der Waals surface area contributed by atoms with E-state index < -0.39 is 18.5 Å². The van der Waals surface area contributed by atoms with Crippen LogP contribution in [0.3, 0.4) is 0 Å². The number of hydrogen-bond acceptors (Lipinski definition) is 3. The smallest absolute Gasteiger partial charge is 0.407 e. The van der Waals surface area contributed by atoms with Crippen LogP contribution < -0.4 is 5.32 Å². The van der Waals surface area contributed by atoms with Crippen molar-refractivity contribution in [2.45, 2.75) is 76.7 Å². The van der Waals surface area contributed by atoms with Crippen molar-refractivity contribution >= 4 is 12.0 Å². The van der Waals surface area contributed by atoms with Gasteiger partial charge in [0.25, 0.3) is 0 Å². The molecule has 0 aromatic rings. The van der Waals surface area contributed by atoms with Gasteiger partial charge in [-0.15, -0.1) is 0 Å². The molecular formula is C21H35N3O3. The van der Waals surface area contributed by atoms with Gasteiger partial charge in [-0.25, -0.2) is 4.79 Å². The van der Waals surface area contributed by atoms with Gasteiger partial charge in [0.15, 0.2) is 0 Å². The summed E-state index contributed by atoms with van der Waals surface area (Å²) in [6, 6.07) is 0.480. The molecule has 2 aliphatic carbocycles. The zero-order valence-corrected chi connectivity index (χ0v) is 16.4. The Bertz CT molecular complexity index is 689. The molecule has 2 N–H and O–H groups in total. The van der Waals surface area contributed by atoms with E-state index in [9.17, 15) is 14.7 Å². The first-order chi connectivity index (χ1) is 14.1. The molecule has 0 radical (unpaired) electrons. The molecule has 2 unspecified atom stereocenters. The molecule has 6 heteroatoms. The van der Waals surface area contributed by atoms with Crippen molar-refractivity contribution in [3.63, 3.8) is 0 Å². The Morgan fingerprint density at radius 1 is 1.22 bits per heavy atom. The van der Waals surface area contributed by atoms with Gasteiger partial charge in [0.05, 0.1) is 0 Å². The number of carbonyl (C=O) groups excluding carboxylic acids is 1. The molecule has 0 aromatic heterocycles. The molecule has 152 valence electrons. The van der Waals surface area contributed by atoms with Gasteiger partial charge < -0.3 is 20.2 Å². The van der Waals surface area contributed by atoms with Crippen molar-refractivity contribution in [1.29, 1.82) is 0 Å². The van der Waals surface area contributed by atoms with Gasteiger partial charge in [0, 0.05) is 34.7 Å². The number of likely N-dealkylation sites (tertiary alicyclic amines) is 2. The molecule has 6 nitrogen and oxygen atoms in total. The average Bonchev–Trinajstić information content (AvgIpc) is 3.10. The van der Waals surface area contributed by atoms with Gasteiger partial charge in [-0.3, -0.25) is 4.79 Å². The molecule has 2 saturated carbocycles. The van der Waals surface area contributed by atoms with Crippen molar-refractivity contribution in [3.05, 3.63) is 0 Å². The molecule has 0 aromatic carbocycles. The molecule has 4 fully saturated rings. The van der Waals surface area contributed by atoms with Crippen molar-refractivity contribution in [1.82, 2.24) is 15.1 Å². The van der Waals surface area contributed by atoms with Crippen LogP contribution in [0, 0.1) is 17.3 Å². The minimum Gasteiger partial charge on any atom is -0.465 e. The molecule has 1 spiro atoms. The lowest BCUT2D eigenvalue weighted by molar-refractivity contribution is -0.131. The van der Waals surface area contributed by atoms with E-state index in [1.54, 1.807) is 4.90 Å². The van der Waals surface area contributed by atoms with E-state index in [0.29, 0.717) is 37.9 Å². The zero-order valence-electron chi connectivity index (χ0n) is 19.4. The monoisotopic (exact) mass is 380 g/mol. The van der Waals surface area contributed by atoms with Crippen LogP contribution in [0.25, 0.3) is 0 Å². The highest BCUT2D eigenvalue weighted by molar-refractivity contribution is 5.79. The van der Waals surface area contributed by atoms with Crippen molar-refractivity contribution in [3.8, 4) is 0 Å². The van der Waals surface area contributed by atoms with Gasteiger partial charge in [0.1, 0.15) is 0 Å².